The zero-order valence-corrected chi connectivity index (χ0v) is 11.8. The van der Waals surface area contributed by atoms with Gasteiger partial charge in [0.2, 0.25) is 0 Å². The summed E-state index contributed by atoms with van der Waals surface area (Å²) in [6, 6.07) is 14.6. The number of hydrogen-bond donors (Lipinski definition) is 1. The molecule has 0 aliphatic heterocycles. The highest BCUT2D eigenvalue weighted by Crippen LogP contribution is 2.27. The minimum absolute atomic E-state index is 0.0441. The Morgan fingerprint density at radius 2 is 1.79 bits per heavy atom. The molecule has 0 saturated heterocycles. The predicted molar refractivity (Wildman–Crippen MR) is 79.5 cm³/mol. The molecule has 2 rings (SSSR count). The Morgan fingerprint density at radius 1 is 1.05 bits per heavy atom. The van der Waals surface area contributed by atoms with Crippen LogP contribution < -0.4 is 10.5 Å². The molecule has 0 aromatic heterocycles. The van der Waals surface area contributed by atoms with Crippen LogP contribution >= 0.6 is 0 Å². The number of rotatable bonds is 4. The highest BCUT2D eigenvalue weighted by Gasteiger charge is 2.12. The Labute approximate surface area is 115 Å². The largest absolute Gasteiger partial charge is 0.496 e. The van der Waals surface area contributed by atoms with Crippen LogP contribution in [0.3, 0.4) is 0 Å². The summed E-state index contributed by atoms with van der Waals surface area (Å²) in [6.45, 7) is 4.15. The monoisotopic (exact) mass is 255 g/mol. The molecule has 0 amide bonds. The van der Waals surface area contributed by atoms with Gasteiger partial charge in [-0.05, 0) is 37.5 Å². The maximum atomic E-state index is 6.32. The van der Waals surface area contributed by atoms with Gasteiger partial charge in [0.1, 0.15) is 5.75 Å². The second kappa shape index (κ2) is 5.89. The Morgan fingerprint density at radius 3 is 2.47 bits per heavy atom. The van der Waals surface area contributed by atoms with E-state index in [2.05, 4.69) is 50.2 Å². The molecular formula is C17H21NO. The van der Waals surface area contributed by atoms with E-state index in [9.17, 15) is 0 Å². The fourth-order valence-electron chi connectivity index (χ4n) is 2.33. The van der Waals surface area contributed by atoms with Crippen LogP contribution in [0.4, 0.5) is 0 Å². The number of benzene rings is 2. The van der Waals surface area contributed by atoms with E-state index in [1.807, 2.05) is 6.07 Å². The van der Waals surface area contributed by atoms with Gasteiger partial charge in [0.05, 0.1) is 7.11 Å². The highest BCUT2D eigenvalue weighted by atomic mass is 16.5. The number of nitrogens with two attached hydrogens (primary N) is 1. The third-order valence-electron chi connectivity index (χ3n) is 3.33. The molecule has 0 radical (unpaired) electrons. The number of methoxy groups -OCH3 is 1. The maximum absolute atomic E-state index is 6.32. The van der Waals surface area contributed by atoms with E-state index in [4.69, 9.17) is 10.5 Å². The number of hydrogen-bond acceptors (Lipinski definition) is 2. The number of aryl methyl sites for hydroxylation is 2. The van der Waals surface area contributed by atoms with Crippen molar-refractivity contribution in [1.29, 1.82) is 0 Å². The molecule has 2 heteroatoms. The van der Waals surface area contributed by atoms with Gasteiger partial charge in [0.15, 0.2) is 0 Å². The van der Waals surface area contributed by atoms with E-state index in [1.165, 1.54) is 16.7 Å². The summed E-state index contributed by atoms with van der Waals surface area (Å²) in [5.74, 6) is 0.875. The van der Waals surface area contributed by atoms with Gasteiger partial charge in [-0.25, -0.2) is 0 Å². The van der Waals surface area contributed by atoms with E-state index in [0.717, 1.165) is 17.7 Å². The summed E-state index contributed by atoms with van der Waals surface area (Å²) in [6.07, 6.45) is 0.821. The first-order valence-electron chi connectivity index (χ1n) is 6.56. The van der Waals surface area contributed by atoms with Gasteiger partial charge in [0, 0.05) is 11.6 Å². The third kappa shape index (κ3) is 3.36. The summed E-state index contributed by atoms with van der Waals surface area (Å²) >= 11 is 0. The first-order valence-corrected chi connectivity index (χ1v) is 6.56. The van der Waals surface area contributed by atoms with Crippen molar-refractivity contribution >= 4 is 0 Å². The molecule has 2 nitrogen and oxygen atoms in total. The highest BCUT2D eigenvalue weighted by molar-refractivity contribution is 5.40. The maximum Gasteiger partial charge on any atom is 0.123 e. The fourth-order valence-corrected chi connectivity index (χ4v) is 2.33. The van der Waals surface area contributed by atoms with E-state index in [0.29, 0.717) is 0 Å². The van der Waals surface area contributed by atoms with Crippen LogP contribution in [0.25, 0.3) is 0 Å². The molecular weight excluding hydrogens is 234 g/mol. The molecule has 1 unspecified atom stereocenters. The van der Waals surface area contributed by atoms with Gasteiger partial charge >= 0.3 is 0 Å². The van der Waals surface area contributed by atoms with Gasteiger partial charge < -0.3 is 10.5 Å². The molecule has 1 atom stereocenters. The van der Waals surface area contributed by atoms with Gasteiger partial charge in [-0.15, -0.1) is 0 Å². The predicted octanol–water partition coefficient (Wildman–Crippen LogP) is 3.55. The second-order valence-electron chi connectivity index (χ2n) is 5.05. The third-order valence-corrected chi connectivity index (χ3v) is 3.33. The Kier molecular flexibility index (Phi) is 4.23. The molecule has 2 aromatic rings. The summed E-state index contributed by atoms with van der Waals surface area (Å²) in [5, 5.41) is 0. The molecule has 2 N–H and O–H groups in total. The van der Waals surface area contributed by atoms with Gasteiger partial charge in [-0.2, -0.15) is 0 Å². The molecule has 100 valence electrons. The number of ether oxygens (including phenoxy) is 1. The summed E-state index contributed by atoms with van der Waals surface area (Å²) in [7, 11) is 1.69. The quantitative estimate of drug-likeness (QED) is 0.906. The second-order valence-corrected chi connectivity index (χ2v) is 5.05. The lowest BCUT2D eigenvalue weighted by Crippen LogP contribution is -2.14. The topological polar surface area (TPSA) is 35.2 Å². The van der Waals surface area contributed by atoms with E-state index in [-0.39, 0.29) is 6.04 Å². The molecule has 0 aliphatic rings. The van der Waals surface area contributed by atoms with E-state index < -0.39 is 0 Å². The Bertz CT molecular complexity index is 563. The van der Waals surface area contributed by atoms with Crippen LogP contribution in [0, 0.1) is 13.8 Å². The Hall–Kier alpha value is -1.80. The zero-order valence-electron chi connectivity index (χ0n) is 11.8. The molecule has 19 heavy (non-hydrogen) atoms. The molecule has 0 fully saturated rings. The molecule has 0 spiro atoms. The van der Waals surface area contributed by atoms with Crippen molar-refractivity contribution in [1.82, 2.24) is 0 Å². The average Bonchev–Trinajstić information content (AvgIpc) is 2.38. The first kappa shape index (κ1) is 13.6. The van der Waals surface area contributed by atoms with Crippen molar-refractivity contribution < 1.29 is 4.74 Å². The van der Waals surface area contributed by atoms with Crippen LogP contribution in [0.5, 0.6) is 5.75 Å². The van der Waals surface area contributed by atoms with Crippen molar-refractivity contribution in [3.63, 3.8) is 0 Å². The molecule has 0 bridgehead atoms. The molecule has 2 aromatic carbocycles. The van der Waals surface area contributed by atoms with Gasteiger partial charge in [-0.1, -0.05) is 42.0 Å². The lowest BCUT2D eigenvalue weighted by atomic mass is 9.97. The lowest BCUT2D eigenvalue weighted by molar-refractivity contribution is 0.405. The van der Waals surface area contributed by atoms with Crippen molar-refractivity contribution in [2.45, 2.75) is 26.3 Å². The summed E-state index contributed by atoms with van der Waals surface area (Å²) in [4.78, 5) is 0. The molecule has 0 heterocycles. The lowest BCUT2D eigenvalue weighted by Gasteiger charge is -2.16. The van der Waals surface area contributed by atoms with Crippen molar-refractivity contribution in [3.8, 4) is 5.75 Å². The smallest absolute Gasteiger partial charge is 0.123 e. The zero-order chi connectivity index (χ0) is 13.8. The fraction of sp³-hybridized carbons (Fsp3) is 0.294. The summed E-state index contributed by atoms with van der Waals surface area (Å²) in [5.41, 5.74) is 11.1. The van der Waals surface area contributed by atoms with Gasteiger partial charge in [0.25, 0.3) is 0 Å². The Balaban J connectivity index is 2.22. The van der Waals surface area contributed by atoms with Crippen LogP contribution in [0.15, 0.2) is 42.5 Å². The normalized spacial score (nSPS) is 12.2. The van der Waals surface area contributed by atoms with Crippen LogP contribution in [-0.2, 0) is 6.42 Å². The average molecular weight is 255 g/mol. The SMILES string of the molecule is COc1cc(C)ccc1C(N)Cc1cccc(C)c1. The van der Waals surface area contributed by atoms with Gasteiger partial charge in [-0.3, -0.25) is 0 Å². The van der Waals surface area contributed by atoms with Crippen LogP contribution in [0.1, 0.15) is 28.3 Å². The van der Waals surface area contributed by atoms with Crippen molar-refractivity contribution in [2.24, 2.45) is 5.73 Å². The van der Waals surface area contributed by atoms with Crippen molar-refractivity contribution in [2.75, 3.05) is 7.11 Å². The molecule has 0 aliphatic carbocycles. The van der Waals surface area contributed by atoms with E-state index in [1.54, 1.807) is 7.11 Å². The standard InChI is InChI=1S/C17H21NO/c1-12-5-4-6-14(9-12)11-16(18)15-8-7-13(2)10-17(15)19-3/h4-10,16H,11,18H2,1-3H3. The molecule has 0 saturated carbocycles. The van der Waals surface area contributed by atoms with E-state index >= 15 is 0 Å². The van der Waals surface area contributed by atoms with Crippen LogP contribution in [0.2, 0.25) is 0 Å². The first-order chi connectivity index (χ1) is 9.10. The minimum atomic E-state index is -0.0441. The minimum Gasteiger partial charge on any atom is -0.496 e. The van der Waals surface area contributed by atoms with Crippen LogP contribution in [-0.4, -0.2) is 7.11 Å². The summed E-state index contributed by atoms with van der Waals surface area (Å²) < 4.78 is 5.43. The van der Waals surface area contributed by atoms with Crippen molar-refractivity contribution in [3.05, 3.63) is 64.7 Å².